The normalized spacial score (nSPS) is 12.4. The highest BCUT2D eigenvalue weighted by Gasteiger charge is 2.23. The highest BCUT2D eigenvalue weighted by atomic mass is 35.5. The SMILES string of the molecule is C[C@H](Sc1nc2c(c(=O)n(C)c(=O)n2C)n1Cc1cccc(Cl)c1)C(=O)O. The van der Waals surface area contributed by atoms with Crippen molar-refractivity contribution in [2.75, 3.05) is 0 Å². The van der Waals surface area contributed by atoms with E-state index < -0.39 is 22.5 Å². The van der Waals surface area contributed by atoms with Crippen molar-refractivity contribution >= 4 is 40.5 Å². The van der Waals surface area contributed by atoms with Crippen molar-refractivity contribution in [3.63, 3.8) is 0 Å². The molecule has 3 rings (SSSR count). The van der Waals surface area contributed by atoms with Crippen LogP contribution in [0.4, 0.5) is 0 Å². The molecule has 1 aromatic carbocycles. The number of aliphatic carboxylic acids is 1. The molecule has 2 heterocycles. The smallest absolute Gasteiger partial charge is 0.332 e. The number of hydrogen-bond donors (Lipinski definition) is 1. The maximum atomic E-state index is 12.7. The lowest BCUT2D eigenvalue weighted by molar-refractivity contribution is -0.136. The summed E-state index contributed by atoms with van der Waals surface area (Å²) in [5.41, 5.74) is 0.285. The topological polar surface area (TPSA) is 99.1 Å². The number of hydrogen-bond acceptors (Lipinski definition) is 5. The number of benzene rings is 1. The van der Waals surface area contributed by atoms with Gasteiger partial charge in [-0.1, -0.05) is 35.5 Å². The molecule has 0 aliphatic carbocycles. The van der Waals surface area contributed by atoms with Gasteiger partial charge >= 0.3 is 11.7 Å². The summed E-state index contributed by atoms with van der Waals surface area (Å²) >= 11 is 7.06. The number of rotatable bonds is 5. The van der Waals surface area contributed by atoms with Crippen LogP contribution in [0.1, 0.15) is 12.5 Å². The lowest BCUT2D eigenvalue weighted by atomic mass is 10.2. The molecule has 0 unspecified atom stereocenters. The Bertz CT molecular complexity index is 1160. The van der Waals surface area contributed by atoms with Crippen LogP contribution in [0.2, 0.25) is 5.02 Å². The number of carboxylic acid groups (broad SMARTS) is 1. The van der Waals surface area contributed by atoms with Crippen molar-refractivity contribution in [1.82, 2.24) is 18.7 Å². The van der Waals surface area contributed by atoms with Crippen LogP contribution in [-0.4, -0.2) is 35.0 Å². The molecule has 0 aliphatic heterocycles. The fourth-order valence-corrected chi connectivity index (χ4v) is 3.74. The van der Waals surface area contributed by atoms with Gasteiger partial charge in [-0.3, -0.25) is 18.7 Å². The Hall–Kier alpha value is -2.52. The second-order valence-corrected chi connectivity index (χ2v) is 7.83. The van der Waals surface area contributed by atoms with E-state index in [2.05, 4.69) is 4.98 Å². The van der Waals surface area contributed by atoms with Gasteiger partial charge in [0.2, 0.25) is 0 Å². The number of nitrogens with zero attached hydrogens (tertiary/aromatic N) is 4. The zero-order valence-corrected chi connectivity index (χ0v) is 16.4. The Morgan fingerprint density at radius 3 is 2.63 bits per heavy atom. The molecule has 1 N–H and O–H groups in total. The number of aromatic nitrogens is 4. The Balaban J connectivity index is 2.28. The Kier molecular flexibility index (Phi) is 5.16. The molecule has 0 spiro atoms. The summed E-state index contributed by atoms with van der Waals surface area (Å²) in [5, 5.41) is 9.35. The zero-order valence-electron chi connectivity index (χ0n) is 14.8. The summed E-state index contributed by atoms with van der Waals surface area (Å²) in [7, 11) is 2.92. The number of aryl methyl sites for hydroxylation is 1. The molecule has 10 heteroatoms. The number of carbonyl (C=O) groups is 1. The van der Waals surface area contributed by atoms with Crippen molar-refractivity contribution in [2.24, 2.45) is 14.1 Å². The molecular weight excluding hydrogens is 392 g/mol. The molecule has 8 nitrogen and oxygen atoms in total. The quantitative estimate of drug-likeness (QED) is 0.645. The third kappa shape index (κ3) is 3.52. The third-order valence-electron chi connectivity index (χ3n) is 4.17. The van der Waals surface area contributed by atoms with Crippen molar-refractivity contribution in [1.29, 1.82) is 0 Å². The Morgan fingerprint density at radius 2 is 2.00 bits per heavy atom. The average Bonchev–Trinajstić information content (AvgIpc) is 2.96. The first-order valence-corrected chi connectivity index (χ1v) is 9.26. The molecule has 0 fully saturated rings. The van der Waals surface area contributed by atoms with Gasteiger partial charge in [-0.15, -0.1) is 0 Å². The van der Waals surface area contributed by atoms with Crippen LogP contribution in [0, 0.1) is 0 Å². The van der Waals surface area contributed by atoms with Crippen LogP contribution in [-0.2, 0) is 25.4 Å². The van der Waals surface area contributed by atoms with Crippen LogP contribution in [0.3, 0.4) is 0 Å². The van der Waals surface area contributed by atoms with Gasteiger partial charge in [0.1, 0.15) is 5.25 Å². The summed E-state index contributed by atoms with van der Waals surface area (Å²) in [5.74, 6) is -0.997. The predicted molar refractivity (Wildman–Crippen MR) is 104 cm³/mol. The summed E-state index contributed by atoms with van der Waals surface area (Å²) in [6.07, 6.45) is 0. The molecule has 0 amide bonds. The predicted octanol–water partition coefficient (Wildman–Crippen LogP) is 1.70. The van der Waals surface area contributed by atoms with Gasteiger partial charge in [-0.2, -0.15) is 0 Å². The number of halogens is 1. The fraction of sp³-hybridized carbons (Fsp3) is 0.294. The summed E-state index contributed by atoms with van der Waals surface area (Å²) in [4.78, 5) is 40.6. The molecular formula is C17H17ClN4O4S. The summed E-state index contributed by atoms with van der Waals surface area (Å²) in [6.45, 7) is 1.80. The molecule has 27 heavy (non-hydrogen) atoms. The molecule has 0 aliphatic rings. The van der Waals surface area contributed by atoms with Crippen LogP contribution in [0.15, 0.2) is 39.0 Å². The molecule has 142 valence electrons. The van der Waals surface area contributed by atoms with Crippen LogP contribution < -0.4 is 11.2 Å². The molecule has 3 aromatic rings. The minimum absolute atomic E-state index is 0.213. The lowest BCUT2D eigenvalue weighted by Gasteiger charge is -2.11. The lowest BCUT2D eigenvalue weighted by Crippen LogP contribution is -2.37. The Labute approximate surface area is 163 Å². The largest absolute Gasteiger partial charge is 0.480 e. The molecule has 0 bridgehead atoms. The van der Waals surface area contributed by atoms with E-state index in [1.807, 2.05) is 6.07 Å². The van der Waals surface area contributed by atoms with Crippen molar-refractivity contribution in [3.05, 3.63) is 55.7 Å². The first-order valence-electron chi connectivity index (χ1n) is 8.01. The van der Waals surface area contributed by atoms with E-state index in [0.29, 0.717) is 10.2 Å². The maximum absolute atomic E-state index is 12.7. The number of imidazole rings is 1. The highest BCUT2D eigenvalue weighted by Crippen LogP contribution is 2.27. The monoisotopic (exact) mass is 408 g/mol. The second kappa shape index (κ2) is 7.24. The molecule has 0 saturated carbocycles. The number of carboxylic acids is 1. The van der Waals surface area contributed by atoms with Gasteiger partial charge < -0.3 is 9.67 Å². The van der Waals surface area contributed by atoms with Crippen molar-refractivity contribution in [2.45, 2.75) is 23.9 Å². The minimum Gasteiger partial charge on any atom is -0.480 e. The van der Waals surface area contributed by atoms with E-state index in [1.165, 1.54) is 25.6 Å². The maximum Gasteiger partial charge on any atom is 0.332 e. The van der Waals surface area contributed by atoms with E-state index in [4.69, 9.17) is 11.6 Å². The molecule has 0 saturated heterocycles. The summed E-state index contributed by atoms with van der Waals surface area (Å²) < 4.78 is 3.92. The summed E-state index contributed by atoms with van der Waals surface area (Å²) in [6, 6.07) is 7.13. The van der Waals surface area contributed by atoms with Gasteiger partial charge in [0.25, 0.3) is 5.56 Å². The standard InChI is InChI=1S/C17H17ClN4O4S/c1-9(15(24)25)27-16-19-13-12(14(23)21(3)17(26)20(13)2)22(16)8-10-5-4-6-11(18)7-10/h4-7,9H,8H2,1-3H3,(H,24,25)/t9-/m0/s1. The second-order valence-electron chi connectivity index (χ2n) is 6.09. The average molecular weight is 409 g/mol. The highest BCUT2D eigenvalue weighted by molar-refractivity contribution is 8.00. The van der Waals surface area contributed by atoms with E-state index in [9.17, 15) is 19.5 Å². The fourth-order valence-electron chi connectivity index (χ4n) is 2.69. The van der Waals surface area contributed by atoms with Crippen molar-refractivity contribution in [3.8, 4) is 0 Å². The first-order chi connectivity index (χ1) is 12.7. The van der Waals surface area contributed by atoms with Crippen LogP contribution >= 0.6 is 23.4 Å². The molecule has 0 radical (unpaired) electrons. The van der Waals surface area contributed by atoms with Crippen molar-refractivity contribution < 1.29 is 9.90 Å². The minimum atomic E-state index is -0.997. The number of fused-ring (bicyclic) bond motifs is 1. The van der Waals surface area contributed by atoms with Gasteiger partial charge in [-0.25, -0.2) is 9.78 Å². The van der Waals surface area contributed by atoms with E-state index in [-0.39, 0.29) is 17.7 Å². The first kappa shape index (κ1) is 19.2. The van der Waals surface area contributed by atoms with E-state index in [0.717, 1.165) is 21.9 Å². The molecule has 1 atom stereocenters. The Morgan fingerprint density at radius 1 is 1.30 bits per heavy atom. The van der Waals surface area contributed by atoms with Gasteiger partial charge in [-0.05, 0) is 24.6 Å². The van der Waals surface area contributed by atoms with Crippen LogP contribution in [0.5, 0.6) is 0 Å². The van der Waals surface area contributed by atoms with E-state index >= 15 is 0 Å². The zero-order chi connectivity index (χ0) is 19.9. The van der Waals surface area contributed by atoms with Gasteiger partial charge in [0, 0.05) is 19.1 Å². The third-order valence-corrected chi connectivity index (χ3v) is 5.49. The van der Waals surface area contributed by atoms with Gasteiger partial charge in [0.15, 0.2) is 16.3 Å². The number of thioether (sulfide) groups is 1. The van der Waals surface area contributed by atoms with Gasteiger partial charge in [0.05, 0.1) is 6.54 Å². The van der Waals surface area contributed by atoms with Crippen LogP contribution in [0.25, 0.3) is 11.2 Å². The molecule has 2 aromatic heterocycles. The van der Waals surface area contributed by atoms with E-state index in [1.54, 1.807) is 22.8 Å².